The van der Waals surface area contributed by atoms with Crippen LogP contribution in [0.25, 0.3) is 112 Å². The summed E-state index contributed by atoms with van der Waals surface area (Å²) in [7, 11) is 0. The first-order valence-corrected chi connectivity index (χ1v) is 20.2. The first-order valence-electron chi connectivity index (χ1n) is 20.2. The van der Waals surface area contributed by atoms with Gasteiger partial charge in [-0.25, -0.2) is 24.9 Å². The zero-order valence-electron chi connectivity index (χ0n) is 32.9. The molecule has 0 atom stereocenters. The maximum Gasteiger partial charge on any atom is 0.164 e. The Morgan fingerprint density at radius 2 is 0.672 bits per heavy atom. The smallest absolute Gasteiger partial charge is 0.164 e. The maximum absolute atomic E-state index is 6.78. The van der Waals surface area contributed by atoms with Crippen LogP contribution < -0.4 is 0 Å². The average Bonchev–Trinajstić information content (AvgIpc) is 3.74. The third kappa shape index (κ3) is 6.92. The highest BCUT2D eigenvalue weighted by atomic mass is 16.3. The Morgan fingerprint density at radius 3 is 1.21 bits per heavy atom. The molecule has 0 spiro atoms. The van der Waals surface area contributed by atoms with Gasteiger partial charge in [0.25, 0.3) is 0 Å². The maximum atomic E-state index is 6.78. The minimum absolute atomic E-state index is 0.602. The van der Waals surface area contributed by atoms with Crippen molar-refractivity contribution in [1.29, 1.82) is 0 Å². The number of benzene rings is 8. The molecule has 0 aliphatic rings. The van der Waals surface area contributed by atoms with E-state index in [9.17, 15) is 0 Å². The SMILES string of the molecule is c1ccc(-c2cc(-c3ccccc3)nc(-c3cccc(-c4ccc(-c5cccc(-c6nc(-c7ccccc7)nc(-c7ccccc7)n6)c5)c5c4oc4ccccc45)c3)n2)cc1. The predicted octanol–water partition coefficient (Wildman–Crippen LogP) is 13.9. The van der Waals surface area contributed by atoms with Crippen molar-refractivity contribution in [2.24, 2.45) is 0 Å². The molecule has 0 saturated carbocycles. The van der Waals surface area contributed by atoms with E-state index in [0.29, 0.717) is 23.3 Å². The molecule has 0 amide bonds. The van der Waals surface area contributed by atoms with Crippen molar-refractivity contribution in [3.63, 3.8) is 0 Å². The Hall–Kier alpha value is -8.35. The minimum atomic E-state index is 0.602. The van der Waals surface area contributed by atoms with E-state index in [1.807, 2.05) is 109 Å². The number of hydrogen-bond donors (Lipinski definition) is 0. The summed E-state index contributed by atoms with van der Waals surface area (Å²) in [6.07, 6.45) is 0. The van der Waals surface area contributed by atoms with Gasteiger partial charge < -0.3 is 4.42 Å². The topological polar surface area (TPSA) is 77.6 Å². The van der Waals surface area contributed by atoms with E-state index in [1.54, 1.807) is 0 Å². The summed E-state index contributed by atoms with van der Waals surface area (Å²) in [5.41, 5.74) is 13.1. The molecular formula is C55H35N5O. The number of rotatable bonds is 8. The number of aromatic nitrogens is 5. The lowest BCUT2D eigenvalue weighted by atomic mass is 9.93. The molecule has 3 aromatic heterocycles. The van der Waals surface area contributed by atoms with E-state index < -0.39 is 0 Å². The number of nitrogens with zero attached hydrogens (tertiary/aromatic N) is 5. The zero-order chi connectivity index (χ0) is 40.5. The number of fused-ring (bicyclic) bond motifs is 3. The van der Waals surface area contributed by atoms with Gasteiger partial charge in [-0.2, -0.15) is 0 Å². The Balaban J connectivity index is 1.04. The van der Waals surface area contributed by atoms with Crippen LogP contribution in [0.2, 0.25) is 0 Å². The van der Waals surface area contributed by atoms with E-state index in [2.05, 4.69) is 103 Å². The molecular weight excluding hydrogens is 747 g/mol. The molecule has 0 aliphatic heterocycles. The lowest BCUT2D eigenvalue weighted by Gasteiger charge is -2.12. The van der Waals surface area contributed by atoms with Gasteiger partial charge in [0, 0.05) is 49.7 Å². The average molecular weight is 782 g/mol. The van der Waals surface area contributed by atoms with Crippen LogP contribution in [0.1, 0.15) is 0 Å². The molecule has 0 radical (unpaired) electrons. The van der Waals surface area contributed by atoms with Crippen molar-refractivity contribution in [2.75, 3.05) is 0 Å². The van der Waals surface area contributed by atoms with Gasteiger partial charge in [-0.1, -0.05) is 182 Å². The highest BCUT2D eigenvalue weighted by molar-refractivity contribution is 6.16. The lowest BCUT2D eigenvalue weighted by Crippen LogP contribution is -2.00. The Labute approximate surface area is 352 Å². The monoisotopic (exact) mass is 781 g/mol. The number of hydrogen-bond acceptors (Lipinski definition) is 6. The molecule has 0 bridgehead atoms. The van der Waals surface area contributed by atoms with E-state index in [-0.39, 0.29) is 0 Å². The van der Waals surface area contributed by atoms with Crippen LogP contribution in [0.4, 0.5) is 0 Å². The Morgan fingerprint density at radius 1 is 0.279 bits per heavy atom. The zero-order valence-corrected chi connectivity index (χ0v) is 32.9. The third-order valence-electron chi connectivity index (χ3n) is 11.0. The molecule has 11 aromatic rings. The Kier molecular flexibility index (Phi) is 9.06. The second-order valence-corrected chi connectivity index (χ2v) is 14.9. The van der Waals surface area contributed by atoms with Crippen LogP contribution >= 0.6 is 0 Å². The summed E-state index contributed by atoms with van der Waals surface area (Å²) < 4.78 is 6.78. The van der Waals surface area contributed by atoms with Gasteiger partial charge in [0.15, 0.2) is 23.3 Å². The van der Waals surface area contributed by atoms with Crippen molar-refractivity contribution in [2.45, 2.75) is 0 Å². The van der Waals surface area contributed by atoms with Crippen molar-refractivity contribution >= 4 is 21.9 Å². The Bertz CT molecular complexity index is 3230. The van der Waals surface area contributed by atoms with Crippen LogP contribution in [0.5, 0.6) is 0 Å². The normalized spacial score (nSPS) is 11.3. The summed E-state index contributed by atoms with van der Waals surface area (Å²) in [6.45, 7) is 0. The second-order valence-electron chi connectivity index (χ2n) is 14.9. The quantitative estimate of drug-likeness (QED) is 0.153. The van der Waals surface area contributed by atoms with Gasteiger partial charge in [-0.05, 0) is 47.0 Å². The first-order chi connectivity index (χ1) is 30.2. The summed E-state index contributed by atoms with van der Waals surface area (Å²) in [4.78, 5) is 25.2. The molecule has 6 nitrogen and oxygen atoms in total. The van der Waals surface area contributed by atoms with E-state index in [4.69, 9.17) is 29.3 Å². The van der Waals surface area contributed by atoms with Crippen molar-refractivity contribution in [3.05, 3.63) is 212 Å². The first kappa shape index (κ1) is 35.8. The van der Waals surface area contributed by atoms with Crippen molar-refractivity contribution < 1.29 is 4.42 Å². The van der Waals surface area contributed by atoms with E-state index >= 15 is 0 Å². The van der Waals surface area contributed by atoms with Crippen molar-refractivity contribution in [3.8, 4) is 90.3 Å². The molecule has 0 fully saturated rings. The summed E-state index contributed by atoms with van der Waals surface area (Å²) in [6, 6.07) is 72.2. The van der Waals surface area contributed by atoms with Gasteiger partial charge in [-0.3, -0.25) is 0 Å². The minimum Gasteiger partial charge on any atom is -0.455 e. The molecule has 0 saturated heterocycles. The molecule has 8 aromatic carbocycles. The molecule has 0 N–H and O–H groups in total. The van der Waals surface area contributed by atoms with Crippen LogP contribution in [-0.4, -0.2) is 24.9 Å². The van der Waals surface area contributed by atoms with Crippen LogP contribution in [0.3, 0.4) is 0 Å². The van der Waals surface area contributed by atoms with Gasteiger partial charge in [0.05, 0.1) is 11.4 Å². The fraction of sp³-hybridized carbons (Fsp3) is 0. The van der Waals surface area contributed by atoms with E-state index in [0.717, 1.165) is 89.0 Å². The fourth-order valence-electron chi connectivity index (χ4n) is 7.98. The van der Waals surface area contributed by atoms with Crippen molar-refractivity contribution in [1.82, 2.24) is 24.9 Å². The highest BCUT2D eigenvalue weighted by Gasteiger charge is 2.20. The van der Waals surface area contributed by atoms with Gasteiger partial charge >= 0.3 is 0 Å². The second kappa shape index (κ2) is 15.4. The lowest BCUT2D eigenvalue weighted by molar-refractivity contribution is 0.670. The molecule has 0 unspecified atom stereocenters. The van der Waals surface area contributed by atoms with Crippen LogP contribution in [0.15, 0.2) is 217 Å². The largest absolute Gasteiger partial charge is 0.455 e. The fourth-order valence-corrected chi connectivity index (χ4v) is 7.98. The molecule has 286 valence electrons. The summed E-state index contributed by atoms with van der Waals surface area (Å²) in [5, 5.41) is 2.08. The molecule has 61 heavy (non-hydrogen) atoms. The number of para-hydroxylation sites is 1. The summed E-state index contributed by atoms with van der Waals surface area (Å²) >= 11 is 0. The van der Waals surface area contributed by atoms with Gasteiger partial charge in [0.2, 0.25) is 0 Å². The third-order valence-corrected chi connectivity index (χ3v) is 11.0. The summed E-state index contributed by atoms with van der Waals surface area (Å²) in [5.74, 6) is 2.50. The van der Waals surface area contributed by atoms with E-state index in [1.165, 1.54) is 0 Å². The molecule has 3 heterocycles. The highest BCUT2D eigenvalue weighted by Crippen LogP contribution is 2.43. The van der Waals surface area contributed by atoms with Gasteiger partial charge in [0.1, 0.15) is 11.2 Å². The van der Waals surface area contributed by atoms with Crippen LogP contribution in [0, 0.1) is 0 Å². The number of furan rings is 1. The molecule has 6 heteroatoms. The predicted molar refractivity (Wildman–Crippen MR) is 246 cm³/mol. The molecule has 11 rings (SSSR count). The molecule has 0 aliphatic carbocycles. The van der Waals surface area contributed by atoms with Gasteiger partial charge in [-0.15, -0.1) is 0 Å². The standard InChI is InChI=1S/C55H35N5O/c1-5-17-36(18-6-1)47-35-48(37-19-7-2-8-20-37)57-54(56-47)42-27-16-26-41(34-42)45-32-31-44(50-46-29-13-14-30-49(46)61-51(45)50)40-25-15-28-43(33-40)55-59-52(38-21-9-3-10-22-38)58-53(60-55)39-23-11-4-12-24-39/h1-35H. The van der Waals surface area contributed by atoms with Crippen LogP contribution in [-0.2, 0) is 0 Å².